The van der Waals surface area contributed by atoms with Crippen molar-refractivity contribution < 1.29 is 14.2 Å². The molecule has 0 aromatic heterocycles. The van der Waals surface area contributed by atoms with Crippen LogP contribution >= 0.6 is 0 Å². The standard InChI is InChI=1S/C19H38N4O3/c1-20-19(21-7-3-11-25-15-18-6-12-26-16-18)22-14-17-4-8-23(9-5-17)10-13-24-2/h17-18H,3-16H2,1-2H3,(H2,20,21,22). The van der Waals surface area contributed by atoms with Crippen LogP contribution in [-0.4, -0.2) is 90.8 Å². The number of hydrogen-bond donors (Lipinski definition) is 2. The predicted octanol–water partition coefficient (Wildman–Crippen LogP) is 0.953. The van der Waals surface area contributed by atoms with Crippen LogP contribution in [0.2, 0.25) is 0 Å². The second kappa shape index (κ2) is 13.3. The molecule has 2 aliphatic heterocycles. The molecule has 2 rings (SSSR count). The highest BCUT2D eigenvalue weighted by Gasteiger charge is 2.19. The van der Waals surface area contributed by atoms with Crippen LogP contribution in [0.25, 0.3) is 0 Å². The molecular weight excluding hydrogens is 332 g/mol. The Bertz CT molecular complexity index is 381. The Kier molecular flexibility index (Phi) is 11.0. The molecule has 0 aromatic rings. The van der Waals surface area contributed by atoms with E-state index in [2.05, 4.69) is 20.5 Å². The number of ether oxygens (including phenoxy) is 3. The third-order valence-electron chi connectivity index (χ3n) is 5.24. The first-order valence-electron chi connectivity index (χ1n) is 10.1. The molecule has 2 aliphatic rings. The van der Waals surface area contributed by atoms with Crippen LogP contribution in [-0.2, 0) is 14.2 Å². The van der Waals surface area contributed by atoms with Crippen LogP contribution in [0.4, 0.5) is 0 Å². The first kappa shape index (κ1) is 21.4. The number of aliphatic imine (C=N–C) groups is 1. The van der Waals surface area contributed by atoms with Crippen LogP contribution in [0.5, 0.6) is 0 Å². The zero-order chi connectivity index (χ0) is 18.5. The van der Waals surface area contributed by atoms with Crippen LogP contribution in [0.15, 0.2) is 4.99 Å². The Morgan fingerprint density at radius 1 is 1.15 bits per heavy atom. The van der Waals surface area contributed by atoms with Gasteiger partial charge in [-0.15, -0.1) is 0 Å². The summed E-state index contributed by atoms with van der Waals surface area (Å²) in [5, 5.41) is 6.85. The molecule has 0 saturated carbocycles. The largest absolute Gasteiger partial charge is 0.383 e. The van der Waals surface area contributed by atoms with Gasteiger partial charge < -0.3 is 29.7 Å². The first-order valence-corrected chi connectivity index (χ1v) is 10.1. The zero-order valence-electron chi connectivity index (χ0n) is 16.7. The molecule has 2 saturated heterocycles. The summed E-state index contributed by atoms with van der Waals surface area (Å²) in [5.74, 6) is 2.22. The highest BCUT2D eigenvalue weighted by molar-refractivity contribution is 5.79. The fraction of sp³-hybridized carbons (Fsp3) is 0.947. The Labute approximate surface area is 158 Å². The highest BCUT2D eigenvalue weighted by Crippen LogP contribution is 2.16. The van der Waals surface area contributed by atoms with E-state index in [1.54, 1.807) is 7.11 Å². The minimum atomic E-state index is 0.596. The molecule has 0 bridgehead atoms. The van der Waals surface area contributed by atoms with Crippen molar-refractivity contribution in [2.45, 2.75) is 25.7 Å². The normalized spacial score (nSPS) is 22.7. The number of hydrogen-bond acceptors (Lipinski definition) is 5. The fourth-order valence-corrected chi connectivity index (χ4v) is 3.44. The summed E-state index contributed by atoms with van der Waals surface area (Å²) < 4.78 is 16.2. The summed E-state index contributed by atoms with van der Waals surface area (Å²) in [7, 11) is 3.60. The van der Waals surface area contributed by atoms with Crippen molar-refractivity contribution in [1.29, 1.82) is 0 Å². The maximum Gasteiger partial charge on any atom is 0.190 e. The molecule has 7 nitrogen and oxygen atoms in total. The lowest BCUT2D eigenvalue weighted by Crippen LogP contribution is -2.43. The molecule has 26 heavy (non-hydrogen) atoms. The van der Waals surface area contributed by atoms with Gasteiger partial charge in [-0.2, -0.15) is 0 Å². The van der Waals surface area contributed by atoms with Crippen molar-refractivity contribution in [1.82, 2.24) is 15.5 Å². The van der Waals surface area contributed by atoms with Crippen LogP contribution in [0, 0.1) is 11.8 Å². The Balaban J connectivity index is 1.46. The third kappa shape index (κ3) is 8.66. The van der Waals surface area contributed by atoms with Crippen molar-refractivity contribution in [2.24, 2.45) is 16.8 Å². The van der Waals surface area contributed by atoms with Crippen molar-refractivity contribution in [2.75, 3.05) is 79.9 Å². The lowest BCUT2D eigenvalue weighted by Gasteiger charge is -2.32. The van der Waals surface area contributed by atoms with Gasteiger partial charge in [0.1, 0.15) is 0 Å². The lowest BCUT2D eigenvalue weighted by atomic mass is 9.97. The van der Waals surface area contributed by atoms with Gasteiger partial charge in [-0.1, -0.05) is 0 Å². The second-order valence-electron chi connectivity index (χ2n) is 7.32. The topological polar surface area (TPSA) is 67.4 Å². The number of likely N-dealkylation sites (tertiary alicyclic amines) is 1. The maximum absolute atomic E-state index is 5.73. The quantitative estimate of drug-likeness (QED) is 0.321. The summed E-state index contributed by atoms with van der Waals surface area (Å²) in [5.41, 5.74) is 0. The van der Waals surface area contributed by atoms with Gasteiger partial charge in [-0.25, -0.2) is 0 Å². The van der Waals surface area contributed by atoms with Crippen LogP contribution < -0.4 is 10.6 Å². The van der Waals surface area contributed by atoms with Gasteiger partial charge in [0.05, 0.1) is 19.8 Å². The van der Waals surface area contributed by atoms with E-state index in [1.807, 2.05) is 7.05 Å². The fourth-order valence-electron chi connectivity index (χ4n) is 3.44. The molecule has 2 N–H and O–H groups in total. The molecule has 0 spiro atoms. The van der Waals surface area contributed by atoms with Gasteiger partial charge in [0.25, 0.3) is 0 Å². The Morgan fingerprint density at radius 2 is 2.00 bits per heavy atom. The predicted molar refractivity (Wildman–Crippen MR) is 105 cm³/mol. The van der Waals surface area contributed by atoms with E-state index in [0.29, 0.717) is 5.92 Å². The minimum Gasteiger partial charge on any atom is -0.383 e. The highest BCUT2D eigenvalue weighted by atomic mass is 16.5. The molecule has 2 fully saturated rings. The van der Waals surface area contributed by atoms with Crippen molar-refractivity contribution in [3.8, 4) is 0 Å². The van der Waals surface area contributed by atoms with Crippen LogP contribution in [0.3, 0.4) is 0 Å². The van der Waals surface area contributed by atoms with Crippen LogP contribution in [0.1, 0.15) is 25.7 Å². The maximum atomic E-state index is 5.73. The van der Waals surface area contributed by atoms with E-state index in [0.717, 1.165) is 77.4 Å². The van der Waals surface area contributed by atoms with Crippen molar-refractivity contribution in [3.63, 3.8) is 0 Å². The summed E-state index contributed by atoms with van der Waals surface area (Å²) in [6.07, 6.45) is 4.62. The lowest BCUT2D eigenvalue weighted by molar-refractivity contribution is 0.0888. The molecule has 7 heteroatoms. The summed E-state index contributed by atoms with van der Waals surface area (Å²) in [6, 6.07) is 0. The van der Waals surface area contributed by atoms with E-state index >= 15 is 0 Å². The second-order valence-corrected chi connectivity index (χ2v) is 7.32. The van der Waals surface area contributed by atoms with E-state index in [9.17, 15) is 0 Å². The van der Waals surface area contributed by atoms with Gasteiger partial charge in [-0.05, 0) is 44.7 Å². The van der Waals surface area contributed by atoms with Gasteiger partial charge in [-0.3, -0.25) is 4.99 Å². The average Bonchev–Trinajstić information content (AvgIpc) is 3.19. The molecule has 0 aliphatic carbocycles. The molecule has 1 unspecified atom stereocenters. The van der Waals surface area contributed by atoms with Crippen molar-refractivity contribution >= 4 is 5.96 Å². The number of guanidine groups is 1. The average molecular weight is 371 g/mol. The smallest absolute Gasteiger partial charge is 0.190 e. The number of methoxy groups -OCH3 is 1. The van der Waals surface area contributed by atoms with E-state index in [-0.39, 0.29) is 0 Å². The monoisotopic (exact) mass is 370 g/mol. The molecule has 0 amide bonds. The number of nitrogens with one attached hydrogen (secondary N) is 2. The molecular formula is C19H38N4O3. The minimum absolute atomic E-state index is 0.596. The van der Waals surface area contributed by atoms with Crippen molar-refractivity contribution in [3.05, 3.63) is 0 Å². The first-order chi connectivity index (χ1) is 12.8. The van der Waals surface area contributed by atoms with Gasteiger partial charge in [0.15, 0.2) is 5.96 Å². The zero-order valence-corrected chi connectivity index (χ0v) is 16.7. The van der Waals surface area contributed by atoms with Gasteiger partial charge in [0.2, 0.25) is 0 Å². The molecule has 152 valence electrons. The van der Waals surface area contributed by atoms with Gasteiger partial charge in [0, 0.05) is 52.9 Å². The van der Waals surface area contributed by atoms with E-state index in [1.165, 1.54) is 25.9 Å². The third-order valence-corrected chi connectivity index (χ3v) is 5.24. The molecule has 0 radical (unpaired) electrons. The Hall–Kier alpha value is -0.890. The SMILES string of the molecule is CN=C(NCCCOCC1CCOC1)NCC1CCN(CCOC)CC1. The summed E-state index contributed by atoms with van der Waals surface area (Å²) in [6.45, 7) is 9.48. The number of rotatable bonds is 11. The summed E-state index contributed by atoms with van der Waals surface area (Å²) in [4.78, 5) is 6.81. The Morgan fingerprint density at radius 3 is 2.69 bits per heavy atom. The number of nitrogens with zero attached hydrogens (tertiary/aromatic N) is 2. The number of piperidine rings is 1. The molecule has 1 atom stereocenters. The van der Waals surface area contributed by atoms with E-state index < -0.39 is 0 Å². The molecule has 0 aromatic carbocycles. The molecule has 2 heterocycles. The van der Waals surface area contributed by atoms with E-state index in [4.69, 9.17) is 14.2 Å². The summed E-state index contributed by atoms with van der Waals surface area (Å²) >= 11 is 0. The van der Waals surface area contributed by atoms with Gasteiger partial charge >= 0.3 is 0 Å².